The number of hydrogen-bond acceptors (Lipinski definition) is 2. The Bertz CT molecular complexity index is 603. The van der Waals surface area contributed by atoms with Gasteiger partial charge in [-0.3, -0.25) is 0 Å². The van der Waals surface area contributed by atoms with Gasteiger partial charge in [-0.05, 0) is 50.2 Å². The third kappa shape index (κ3) is 4.19. The maximum Gasteiger partial charge on any atom is 0.135 e. The summed E-state index contributed by atoms with van der Waals surface area (Å²) in [5, 5.41) is 3.87. The first-order valence-electron chi connectivity index (χ1n) is 7.07. The lowest BCUT2D eigenvalue weighted by Crippen LogP contribution is -2.20. The average molecular weight is 308 g/mol. The first-order chi connectivity index (χ1) is 10.1. The summed E-state index contributed by atoms with van der Waals surface area (Å²) in [5.74, 6) is 0.830. The average Bonchev–Trinajstić information content (AvgIpc) is 2.45. The molecular formula is C17H19ClFNO. The van der Waals surface area contributed by atoms with E-state index in [1.807, 2.05) is 6.92 Å². The molecule has 1 N–H and O–H groups in total. The normalized spacial score (nSPS) is 12.2. The standard InChI is InChI=1S/C17H19ClFNO/c1-3-10-20-12(2)17-15(19)8-5-9-16(17)21-14-7-4-6-13(18)11-14/h4-9,11-12,20H,3,10H2,1-2H3. The largest absolute Gasteiger partial charge is 0.457 e. The van der Waals surface area contributed by atoms with Crippen molar-refractivity contribution in [2.45, 2.75) is 26.3 Å². The second kappa shape index (κ2) is 7.43. The number of ether oxygens (including phenoxy) is 1. The van der Waals surface area contributed by atoms with Crippen molar-refractivity contribution in [1.82, 2.24) is 5.32 Å². The van der Waals surface area contributed by atoms with Crippen LogP contribution in [0.4, 0.5) is 4.39 Å². The van der Waals surface area contributed by atoms with Gasteiger partial charge in [0.1, 0.15) is 17.3 Å². The minimum atomic E-state index is -0.273. The molecule has 0 aliphatic heterocycles. The lowest BCUT2D eigenvalue weighted by molar-refractivity contribution is 0.445. The summed E-state index contributed by atoms with van der Waals surface area (Å²) in [5.41, 5.74) is 0.533. The Kier molecular flexibility index (Phi) is 5.59. The second-order valence-corrected chi connectivity index (χ2v) is 5.32. The van der Waals surface area contributed by atoms with Gasteiger partial charge in [-0.1, -0.05) is 30.7 Å². The molecule has 0 aromatic heterocycles. The summed E-state index contributed by atoms with van der Waals surface area (Å²) in [6, 6.07) is 11.8. The molecule has 0 amide bonds. The Morgan fingerprint density at radius 1 is 1.24 bits per heavy atom. The maximum absolute atomic E-state index is 14.2. The molecule has 21 heavy (non-hydrogen) atoms. The van der Waals surface area contributed by atoms with Crippen molar-refractivity contribution in [3.05, 3.63) is 58.9 Å². The summed E-state index contributed by atoms with van der Waals surface area (Å²) < 4.78 is 20.0. The van der Waals surface area contributed by atoms with Crippen LogP contribution in [-0.4, -0.2) is 6.54 Å². The highest BCUT2D eigenvalue weighted by molar-refractivity contribution is 6.30. The Morgan fingerprint density at radius 2 is 2.00 bits per heavy atom. The Balaban J connectivity index is 2.28. The van der Waals surface area contributed by atoms with Crippen LogP contribution >= 0.6 is 11.6 Å². The quantitative estimate of drug-likeness (QED) is 0.778. The first kappa shape index (κ1) is 15.8. The summed E-state index contributed by atoms with van der Waals surface area (Å²) in [4.78, 5) is 0. The van der Waals surface area contributed by atoms with E-state index in [-0.39, 0.29) is 11.9 Å². The van der Waals surface area contributed by atoms with Crippen molar-refractivity contribution in [2.75, 3.05) is 6.54 Å². The van der Waals surface area contributed by atoms with Crippen LogP contribution in [0, 0.1) is 5.82 Å². The van der Waals surface area contributed by atoms with Crippen molar-refractivity contribution in [3.8, 4) is 11.5 Å². The number of rotatable bonds is 6. The zero-order valence-corrected chi connectivity index (χ0v) is 13.0. The summed E-state index contributed by atoms with van der Waals surface area (Å²) in [6.07, 6.45) is 0.989. The fourth-order valence-corrected chi connectivity index (χ4v) is 2.33. The van der Waals surface area contributed by atoms with E-state index in [0.29, 0.717) is 22.1 Å². The third-order valence-corrected chi connectivity index (χ3v) is 3.41. The fourth-order valence-electron chi connectivity index (χ4n) is 2.15. The van der Waals surface area contributed by atoms with Crippen LogP contribution in [0.15, 0.2) is 42.5 Å². The Morgan fingerprint density at radius 3 is 2.71 bits per heavy atom. The number of nitrogens with one attached hydrogen (secondary N) is 1. The predicted molar refractivity (Wildman–Crippen MR) is 84.6 cm³/mol. The Hall–Kier alpha value is -1.58. The molecule has 0 radical (unpaired) electrons. The number of benzene rings is 2. The molecule has 0 spiro atoms. The molecule has 0 aliphatic rings. The van der Waals surface area contributed by atoms with Crippen molar-refractivity contribution in [2.24, 2.45) is 0 Å². The van der Waals surface area contributed by atoms with Crippen LogP contribution in [-0.2, 0) is 0 Å². The van der Waals surface area contributed by atoms with Gasteiger partial charge >= 0.3 is 0 Å². The maximum atomic E-state index is 14.2. The molecule has 2 nitrogen and oxygen atoms in total. The van der Waals surface area contributed by atoms with E-state index < -0.39 is 0 Å². The molecule has 0 aliphatic carbocycles. The van der Waals surface area contributed by atoms with Gasteiger partial charge in [0.2, 0.25) is 0 Å². The van der Waals surface area contributed by atoms with Gasteiger partial charge in [0.05, 0.1) is 0 Å². The number of halogens is 2. The van der Waals surface area contributed by atoms with Crippen LogP contribution < -0.4 is 10.1 Å². The van der Waals surface area contributed by atoms with Gasteiger partial charge in [0.15, 0.2) is 0 Å². The van der Waals surface area contributed by atoms with Crippen molar-refractivity contribution < 1.29 is 9.13 Å². The monoisotopic (exact) mass is 307 g/mol. The zero-order valence-electron chi connectivity index (χ0n) is 12.2. The van der Waals surface area contributed by atoms with Gasteiger partial charge in [0.25, 0.3) is 0 Å². The molecule has 1 unspecified atom stereocenters. The number of hydrogen-bond donors (Lipinski definition) is 1. The van der Waals surface area contributed by atoms with Crippen molar-refractivity contribution in [3.63, 3.8) is 0 Å². The highest BCUT2D eigenvalue weighted by Gasteiger charge is 2.16. The van der Waals surface area contributed by atoms with Crippen LogP contribution in [0.3, 0.4) is 0 Å². The topological polar surface area (TPSA) is 21.3 Å². The molecule has 0 saturated carbocycles. The lowest BCUT2D eigenvalue weighted by atomic mass is 10.1. The van der Waals surface area contributed by atoms with Crippen molar-refractivity contribution in [1.29, 1.82) is 0 Å². The van der Waals surface area contributed by atoms with Gasteiger partial charge in [-0.15, -0.1) is 0 Å². The van der Waals surface area contributed by atoms with Crippen molar-refractivity contribution >= 4 is 11.6 Å². The van der Waals surface area contributed by atoms with E-state index in [1.54, 1.807) is 36.4 Å². The van der Waals surface area contributed by atoms with E-state index in [2.05, 4.69) is 12.2 Å². The predicted octanol–water partition coefficient (Wildman–Crippen LogP) is 5.33. The fraction of sp³-hybridized carbons (Fsp3) is 0.294. The molecule has 2 aromatic carbocycles. The molecule has 0 saturated heterocycles. The molecule has 0 bridgehead atoms. The first-order valence-corrected chi connectivity index (χ1v) is 7.44. The molecule has 4 heteroatoms. The molecular weight excluding hydrogens is 289 g/mol. The van der Waals surface area contributed by atoms with E-state index in [0.717, 1.165) is 13.0 Å². The second-order valence-electron chi connectivity index (χ2n) is 4.89. The lowest BCUT2D eigenvalue weighted by Gasteiger charge is -2.18. The van der Waals surface area contributed by atoms with Crippen LogP contribution in [0.5, 0.6) is 11.5 Å². The van der Waals surface area contributed by atoms with Gasteiger partial charge in [0, 0.05) is 16.6 Å². The van der Waals surface area contributed by atoms with Crippen LogP contribution in [0.25, 0.3) is 0 Å². The molecule has 2 aromatic rings. The summed E-state index contributed by atoms with van der Waals surface area (Å²) >= 11 is 5.95. The SMILES string of the molecule is CCCNC(C)c1c(F)cccc1Oc1cccc(Cl)c1. The highest BCUT2D eigenvalue weighted by Crippen LogP contribution is 2.32. The van der Waals surface area contributed by atoms with Crippen LogP contribution in [0.1, 0.15) is 31.9 Å². The molecule has 2 rings (SSSR count). The van der Waals surface area contributed by atoms with Crippen LogP contribution in [0.2, 0.25) is 5.02 Å². The van der Waals surface area contributed by atoms with Gasteiger partial charge < -0.3 is 10.1 Å². The van der Waals surface area contributed by atoms with Gasteiger partial charge in [-0.2, -0.15) is 0 Å². The summed E-state index contributed by atoms with van der Waals surface area (Å²) in [6.45, 7) is 4.83. The minimum absolute atomic E-state index is 0.125. The molecule has 1 atom stereocenters. The minimum Gasteiger partial charge on any atom is -0.457 e. The molecule has 0 heterocycles. The smallest absolute Gasteiger partial charge is 0.135 e. The van der Waals surface area contributed by atoms with E-state index in [9.17, 15) is 4.39 Å². The van der Waals surface area contributed by atoms with E-state index in [4.69, 9.17) is 16.3 Å². The molecule has 0 fully saturated rings. The zero-order chi connectivity index (χ0) is 15.2. The Labute approximate surface area is 129 Å². The highest BCUT2D eigenvalue weighted by atomic mass is 35.5. The van der Waals surface area contributed by atoms with Gasteiger partial charge in [-0.25, -0.2) is 4.39 Å². The van der Waals surface area contributed by atoms with E-state index in [1.165, 1.54) is 6.07 Å². The van der Waals surface area contributed by atoms with E-state index >= 15 is 0 Å². The molecule has 112 valence electrons. The third-order valence-electron chi connectivity index (χ3n) is 3.17. The summed E-state index contributed by atoms with van der Waals surface area (Å²) in [7, 11) is 0.